The van der Waals surface area contributed by atoms with Crippen LogP contribution in [-0.2, 0) is 16.3 Å². The monoisotopic (exact) mass is 281 g/mol. The lowest BCUT2D eigenvalue weighted by atomic mass is 9.98. The fourth-order valence-electron chi connectivity index (χ4n) is 1.18. The summed E-state index contributed by atoms with van der Waals surface area (Å²) in [5, 5.41) is 0. The van der Waals surface area contributed by atoms with Crippen LogP contribution in [0.25, 0.3) is 0 Å². The molecule has 0 N–H and O–H groups in total. The molecule has 0 saturated carbocycles. The van der Waals surface area contributed by atoms with Crippen LogP contribution < -0.4 is 9.30 Å². The second-order valence-corrected chi connectivity index (χ2v) is 5.63. The van der Waals surface area contributed by atoms with Gasteiger partial charge in [-0.05, 0) is 26.8 Å². The van der Waals surface area contributed by atoms with Crippen LogP contribution in [0.3, 0.4) is 0 Å². The molecule has 0 radical (unpaired) electrons. The predicted octanol–water partition coefficient (Wildman–Crippen LogP) is 1.58. The molecule has 0 aliphatic rings. The van der Waals surface area contributed by atoms with E-state index in [4.69, 9.17) is 9.47 Å². The van der Waals surface area contributed by atoms with E-state index in [1.807, 2.05) is 0 Å². The summed E-state index contributed by atoms with van der Waals surface area (Å²) in [6.45, 7) is 5.43. The molecule has 0 atom stereocenters. The van der Waals surface area contributed by atoms with E-state index in [0.717, 1.165) is 0 Å². The van der Waals surface area contributed by atoms with Gasteiger partial charge in [-0.3, -0.25) is 4.79 Å². The minimum Gasteiger partial charge on any atom is -0.404 e. The van der Waals surface area contributed by atoms with Gasteiger partial charge in [0, 0.05) is 20.2 Å². The van der Waals surface area contributed by atoms with E-state index in [1.54, 1.807) is 64.0 Å². The Morgan fingerprint density at radius 1 is 1.30 bits per heavy atom. The number of rotatable bonds is 3. The van der Waals surface area contributed by atoms with Gasteiger partial charge in [-0.25, -0.2) is 4.79 Å². The zero-order valence-electron chi connectivity index (χ0n) is 12.5. The Balaban J connectivity index is 2.65. The molecule has 6 heteroatoms. The predicted molar refractivity (Wildman–Crippen MR) is 71.9 cm³/mol. The van der Waals surface area contributed by atoms with E-state index in [0.29, 0.717) is 5.75 Å². The normalized spacial score (nSPS) is 10.8. The second-order valence-electron chi connectivity index (χ2n) is 5.63. The molecular weight excluding hydrogens is 260 g/mol. The van der Waals surface area contributed by atoms with Gasteiger partial charge in [0.05, 0.1) is 5.41 Å². The Kier molecular flexibility index (Phi) is 5.07. The van der Waals surface area contributed by atoms with Crippen molar-refractivity contribution in [1.82, 2.24) is 4.90 Å². The number of esters is 1. The quantitative estimate of drug-likeness (QED) is 0.623. The number of carbonyl (C=O) groups is 2. The number of hydrogen-bond acceptors (Lipinski definition) is 4. The van der Waals surface area contributed by atoms with E-state index in [-0.39, 0.29) is 12.7 Å². The molecule has 1 aromatic rings. The Labute approximate surface area is 118 Å². The molecule has 0 unspecified atom stereocenters. The third-order valence-corrected chi connectivity index (χ3v) is 2.36. The number of nitrogens with zero attached hydrogens (tertiary/aromatic N) is 2. The van der Waals surface area contributed by atoms with E-state index in [1.165, 1.54) is 4.90 Å². The SMILES string of the molecule is CN(C)C(=O)Oc1ccc[n+](COC(=O)C(C)(C)C)c1. The van der Waals surface area contributed by atoms with Crippen molar-refractivity contribution in [1.29, 1.82) is 0 Å². The summed E-state index contributed by atoms with van der Waals surface area (Å²) in [7, 11) is 3.20. The molecule has 0 aliphatic heterocycles. The van der Waals surface area contributed by atoms with Crippen molar-refractivity contribution in [3.63, 3.8) is 0 Å². The molecule has 20 heavy (non-hydrogen) atoms. The van der Waals surface area contributed by atoms with E-state index >= 15 is 0 Å². The number of carbonyl (C=O) groups excluding carboxylic acids is 2. The highest BCUT2D eigenvalue weighted by Gasteiger charge is 2.24. The summed E-state index contributed by atoms with van der Waals surface area (Å²) >= 11 is 0. The molecule has 1 aromatic heterocycles. The highest BCUT2D eigenvalue weighted by molar-refractivity contribution is 5.75. The lowest BCUT2D eigenvalue weighted by Crippen LogP contribution is -2.38. The summed E-state index contributed by atoms with van der Waals surface area (Å²) in [6, 6.07) is 3.37. The van der Waals surface area contributed by atoms with Crippen molar-refractivity contribution in [2.75, 3.05) is 14.1 Å². The average Bonchev–Trinajstić information content (AvgIpc) is 2.35. The molecule has 0 aromatic carbocycles. The maximum atomic E-state index is 11.7. The summed E-state index contributed by atoms with van der Waals surface area (Å²) in [5.41, 5.74) is -0.546. The molecule has 0 fully saturated rings. The maximum Gasteiger partial charge on any atom is 0.414 e. The van der Waals surface area contributed by atoms with Gasteiger partial charge < -0.3 is 14.4 Å². The van der Waals surface area contributed by atoms with Crippen LogP contribution in [0.5, 0.6) is 5.75 Å². The zero-order valence-corrected chi connectivity index (χ0v) is 12.5. The van der Waals surface area contributed by atoms with Gasteiger partial charge in [-0.1, -0.05) is 0 Å². The average molecular weight is 281 g/mol. The molecule has 110 valence electrons. The van der Waals surface area contributed by atoms with Crippen molar-refractivity contribution in [2.24, 2.45) is 5.41 Å². The molecular formula is C14H21N2O4+. The van der Waals surface area contributed by atoms with Gasteiger partial charge in [0.1, 0.15) is 0 Å². The van der Waals surface area contributed by atoms with Gasteiger partial charge in [0.2, 0.25) is 6.20 Å². The molecule has 1 rings (SSSR count). The fraction of sp³-hybridized carbons (Fsp3) is 0.500. The molecule has 0 spiro atoms. The van der Waals surface area contributed by atoms with E-state index in [9.17, 15) is 9.59 Å². The first kappa shape index (κ1) is 15.9. The molecule has 0 bridgehead atoms. The topological polar surface area (TPSA) is 59.7 Å². The second kappa shape index (κ2) is 6.36. The molecule has 6 nitrogen and oxygen atoms in total. The lowest BCUT2D eigenvalue weighted by Gasteiger charge is -2.14. The van der Waals surface area contributed by atoms with Crippen LogP contribution >= 0.6 is 0 Å². The van der Waals surface area contributed by atoms with Gasteiger partial charge in [-0.2, -0.15) is 4.57 Å². The van der Waals surface area contributed by atoms with Crippen LogP contribution in [0.15, 0.2) is 24.5 Å². The van der Waals surface area contributed by atoms with E-state index < -0.39 is 11.5 Å². The van der Waals surface area contributed by atoms with Crippen molar-refractivity contribution < 1.29 is 23.6 Å². The zero-order chi connectivity index (χ0) is 15.3. The molecule has 1 heterocycles. The first-order valence-electron chi connectivity index (χ1n) is 6.25. The third kappa shape index (κ3) is 4.87. The molecule has 0 saturated heterocycles. The Bertz CT molecular complexity index is 492. The van der Waals surface area contributed by atoms with Crippen LogP contribution in [0.2, 0.25) is 0 Å². The Morgan fingerprint density at radius 3 is 2.50 bits per heavy atom. The van der Waals surface area contributed by atoms with Crippen LogP contribution in [0.4, 0.5) is 4.79 Å². The lowest BCUT2D eigenvalue weighted by molar-refractivity contribution is -0.728. The van der Waals surface area contributed by atoms with Crippen molar-refractivity contribution in [3.8, 4) is 5.75 Å². The van der Waals surface area contributed by atoms with Gasteiger partial charge in [0.25, 0.3) is 6.73 Å². The minimum absolute atomic E-state index is 0.0729. The molecule has 1 amide bonds. The fourth-order valence-corrected chi connectivity index (χ4v) is 1.18. The smallest absolute Gasteiger partial charge is 0.404 e. The minimum atomic E-state index is -0.546. The van der Waals surface area contributed by atoms with Crippen molar-refractivity contribution in [2.45, 2.75) is 27.5 Å². The summed E-state index contributed by atoms with van der Waals surface area (Å²) in [5.74, 6) is 0.0960. The number of aromatic nitrogens is 1. The summed E-state index contributed by atoms with van der Waals surface area (Å²) in [6.07, 6.45) is 2.86. The number of amides is 1. The van der Waals surface area contributed by atoms with Crippen LogP contribution in [0, 0.1) is 5.41 Å². The number of pyridine rings is 1. The highest BCUT2D eigenvalue weighted by Crippen LogP contribution is 2.15. The summed E-state index contributed by atoms with van der Waals surface area (Å²) < 4.78 is 11.9. The van der Waals surface area contributed by atoms with Gasteiger partial charge in [0.15, 0.2) is 11.9 Å². The van der Waals surface area contributed by atoms with Crippen molar-refractivity contribution in [3.05, 3.63) is 24.5 Å². The summed E-state index contributed by atoms with van der Waals surface area (Å²) in [4.78, 5) is 24.4. The third-order valence-electron chi connectivity index (χ3n) is 2.36. The van der Waals surface area contributed by atoms with Gasteiger partial charge in [-0.15, -0.1) is 0 Å². The Morgan fingerprint density at radius 2 is 1.95 bits per heavy atom. The largest absolute Gasteiger partial charge is 0.414 e. The van der Waals surface area contributed by atoms with Crippen molar-refractivity contribution >= 4 is 12.1 Å². The number of hydrogen-bond donors (Lipinski definition) is 0. The van der Waals surface area contributed by atoms with Gasteiger partial charge >= 0.3 is 12.1 Å². The van der Waals surface area contributed by atoms with Crippen LogP contribution in [-0.4, -0.2) is 31.1 Å². The van der Waals surface area contributed by atoms with Crippen LogP contribution in [0.1, 0.15) is 20.8 Å². The highest BCUT2D eigenvalue weighted by atomic mass is 16.6. The standard InChI is InChI=1S/C14H21N2O4/c1-14(2,3)12(17)19-10-16-8-6-7-11(9-16)20-13(18)15(4)5/h6-9H,10H2,1-5H3/q+1. The Hall–Kier alpha value is -2.11. The first-order valence-corrected chi connectivity index (χ1v) is 6.25. The number of ether oxygens (including phenoxy) is 2. The first-order chi connectivity index (χ1) is 9.20. The van der Waals surface area contributed by atoms with E-state index in [2.05, 4.69) is 0 Å². The maximum absolute atomic E-state index is 11.7. The molecule has 0 aliphatic carbocycles.